The van der Waals surface area contributed by atoms with Gasteiger partial charge in [0.05, 0.1) is 4.92 Å². The molecule has 48 heavy (non-hydrogen) atoms. The van der Waals surface area contributed by atoms with E-state index in [0.29, 0.717) is 23.9 Å². The molecule has 1 amide bonds. The quantitative estimate of drug-likeness (QED) is 0.0386. The van der Waals surface area contributed by atoms with E-state index in [1.54, 1.807) is 68.4 Å². The topological polar surface area (TPSA) is 158 Å². The molecule has 0 aliphatic heterocycles. The van der Waals surface area contributed by atoms with Crippen LogP contribution < -0.4 is 18.9 Å². The van der Waals surface area contributed by atoms with Crippen LogP contribution in [-0.4, -0.2) is 41.1 Å². The second kappa shape index (κ2) is 14.6. The van der Waals surface area contributed by atoms with Gasteiger partial charge in [-0.2, -0.15) is 5.26 Å². The van der Waals surface area contributed by atoms with E-state index in [0.717, 1.165) is 29.0 Å². The summed E-state index contributed by atoms with van der Waals surface area (Å²) in [6, 6.07) is 28.0. The third kappa shape index (κ3) is 7.21. The summed E-state index contributed by atoms with van der Waals surface area (Å²) < 4.78 is 21.6. The van der Waals surface area contributed by atoms with E-state index in [2.05, 4.69) is 0 Å². The van der Waals surface area contributed by atoms with E-state index < -0.39 is 40.3 Å². The zero-order chi connectivity index (χ0) is 34.2. The number of benzene rings is 5. The predicted octanol–water partition coefficient (Wildman–Crippen LogP) is 7.83. The van der Waals surface area contributed by atoms with Crippen LogP contribution in [0.15, 0.2) is 103 Å². The van der Waals surface area contributed by atoms with Crippen LogP contribution in [0, 0.1) is 21.4 Å². The normalized spacial score (nSPS) is 11.0. The van der Waals surface area contributed by atoms with E-state index in [4.69, 9.17) is 18.9 Å². The van der Waals surface area contributed by atoms with E-state index in [-0.39, 0.29) is 22.6 Å². The molecule has 0 fully saturated rings. The fourth-order valence-electron chi connectivity index (χ4n) is 4.96. The van der Waals surface area contributed by atoms with Gasteiger partial charge in [0.1, 0.15) is 23.1 Å². The molecule has 0 spiro atoms. The van der Waals surface area contributed by atoms with Crippen molar-refractivity contribution in [3.63, 3.8) is 0 Å². The van der Waals surface area contributed by atoms with Crippen LogP contribution in [0.25, 0.3) is 27.6 Å². The van der Waals surface area contributed by atoms with Crippen LogP contribution in [0.2, 0.25) is 0 Å². The number of nitrogens with zero attached hydrogens (tertiary/aromatic N) is 3. The smallest absolute Gasteiger partial charge is 0.394 e. The number of carbonyl (C=O) groups excluding carboxylic acids is 3. The number of amides is 1. The Morgan fingerprint density at radius 2 is 1.25 bits per heavy atom. The molecule has 0 aromatic heterocycles. The van der Waals surface area contributed by atoms with Crippen molar-refractivity contribution in [2.75, 3.05) is 13.1 Å². The molecule has 0 N–H and O–H groups in total. The first kappa shape index (κ1) is 32.6. The number of ether oxygens (including phenoxy) is 4. The lowest BCUT2D eigenvalue weighted by molar-refractivity contribution is -0.385. The molecule has 0 radical (unpaired) electrons. The molecular formula is C36H27N3O9. The molecule has 0 saturated carbocycles. The van der Waals surface area contributed by atoms with Crippen LogP contribution in [0.3, 0.4) is 0 Å². The van der Waals surface area contributed by atoms with Gasteiger partial charge in [-0.1, -0.05) is 72.8 Å². The van der Waals surface area contributed by atoms with Gasteiger partial charge in [0.25, 0.3) is 11.7 Å². The van der Waals surface area contributed by atoms with Gasteiger partial charge in [-0.05, 0) is 54.5 Å². The molecule has 0 aliphatic carbocycles. The van der Waals surface area contributed by atoms with Crippen LogP contribution in [-0.2, 0) is 4.79 Å². The summed E-state index contributed by atoms with van der Waals surface area (Å²) in [5, 5.41) is 24.7. The average Bonchev–Trinajstić information content (AvgIpc) is 3.08. The maximum Gasteiger partial charge on any atom is 0.519 e. The highest BCUT2D eigenvalue weighted by atomic mass is 16.7. The summed E-state index contributed by atoms with van der Waals surface area (Å²) >= 11 is 0. The predicted molar refractivity (Wildman–Crippen MR) is 176 cm³/mol. The van der Waals surface area contributed by atoms with Crippen molar-refractivity contribution < 1.29 is 38.3 Å². The number of rotatable bonds is 9. The van der Waals surface area contributed by atoms with E-state index in [9.17, 15) is 29.8 Å². The number of hydrogen-bond donors (Lipinski definition) is 0. The zero-order valence-corrected chi connectivity index (χ0v) is 25.7. The van der Waals surface area contributed by atoms with Gasteiger partial charge in [0.2, 0.25) is 0 Å². The molecular weight excluding hydrogens is 618 g/mol. The van der Waals surface area contributed by atoms with Gasteiger partial charge >= 0.3 is 18.0 Å². The number of carbonyl (C=O) groups is 3. The summed E-state index contributed by atoms with van der Waals surface area (Å²) in [7, 11) is 0. The largest absolute Gasteiger partial charge is 0.519 e. The van der Waals surface area contributed by atoms with E-state index >= 15 is 0 Å². The van der Waals surface area contributed by atoms with Crippen LogP contribution in [0.1, 0.15) is 19.4 Å². The summed E-state index contributed by atoms with van der Waals surface area (Å²) in [5.74, 6) is -1.74. The van der Waals surface area contributed by atoms with Gasteiger partial charge in [-0.3, -0.25) is 14.9 Å². The first-order chi connectivity index (χ1) is 23.2. The molecule has 0 bridgehead atoms. The molecule has 5 aromatic carbocycles. The molecule has 12 heteroatoms. The second-order valence-corrected chi connectivity index (χ2v) is 10.1. The minimum atomic E-state index is -1.36. The lowest BCUT2D eigenvalue weighted by Gasteiger charge is -2.17. The lowest BCUT2D eigenvalue weighted by atomic mass is 10.1. The van der Waals surface area contributed by atoms with Crippen molar-refractivity contribution in [1.29, 1.82) is 5.26 Å². The highest BCUT2D eigenvalue weighted by Gasteiger charge is 2.29. The molecule has 0 saturated heterocycles. The Bertz CT molecular complexity index is 2120. The number of hydrogen-bond acceptors (Lipinski definition) is 10. The first-order valence-electron chi connectivity index (χ1n) is 14.7. The summed E-state index contributed by atoms with van der Waals surface area (Å²) in [4.78, 5) is 51.9. The minimum Gasteiger partial charge on any atom is -0.394 e. The summed E-state index contributed by atoms with van der Waals surface area (Å²) in [5.41, 5.74) is -1.22. The molecule has 5 aromatic rings. The van der Waals surface area contributed by atoms with E-state index in [1.807, 2.05) is 24.3 Å². The van der Waals surface area contributed by atoms with Crippen LogP contribution in [0.5, 0.6) is 23.0 Å². The molecule has 0 heterocycles. The van der Waals surface area contributed by atoms with Gasteiger partial charge < -0.3 is 23.8 Å². The Labute approximate surface area is 274 Å². The first-order valence-corrected chi connectivity index (χ1v) is 14.7. The fraction of sp³-hybridized carbons (Fsp3) is 0.111. The van der Waals surface area contributed by atoms with Crippen molar-refractivity contribution in [3.05, 3.63) is 118 Å². The average molecular weight is 646 g/mol. The molecule has 240 valence electrons. The Kier molecular flexibility index (Phi) is 9.91. The summed E-state index contributed by atoms with van der Waals surface area (Å²) in [6.07, 6.45) is -1.57. The Morgan fingerprint density at radius 1 is 0.750 bits per heavy atom. The summed E-state index contributed by atoms with van der Waals surface area (Å²) in [6.45, 7) is 4.10. The highest BCUT2D eigenvalue weighted by molar-refractivity contribution is 6.02. The molecule has 12 nitrogen and oxygen atoms in total. The number of fused-ring (bicyclic) bond motifs is 2. The SMILES string of the molecule is CCN(CC)C(=O)C(C#N)=Cc1cc(OC(=O)Oc2cccc3ccccc23)c(OC(=O)Oc2cccc3ccccc23)c([N+](=O)[O-])c1. The monoisotopic (exact) mass is 645 g/mol. The highest BCUT2D eigenvalue weighted by Crippen LogP contribution is 2.40. The van der Waals surface area contributed by atoms with Gasteiger partial charge in [0.15, 0.2) is 5.75 Å². The van der Waals surface area contributed by atoms with Crippen molar-refractivity contribution in [3.8, 4) is 29.1 Å². The lowest BCUT2D eigenvalue weighted by Crippen LogP contribution is -2.31. The third-order valence-corrected chi connectivity index (χ3v) is 7.23. The Hall–Kier alpha value is -6.74. The number of nitro groups is 1. The van der Waals surface area contributed by atoms with Gasteiger partial charge in [-0.15, -0.1) is 0 Å². The van der Waals surface area contributed by atoms with Crippen molar-refractivity contribution >= 4 is 51.5 Å². The minimum absolute atomic E-state index is 0.0681. The Morgan fingerprint density at radius 3 is 1.77 bits per heavy atom. The standard InChI is InChI=1S/C36H27N3O9/c1-3-38(4-2)34(40)26(22-37)19-23-20-29(39(43)44)33(48-36(42)46-31-18-10-14-25-12-6-8-16-28(25)31)32(21-23)47-35(41)45-30-17-9-13-24-11-5-7-15-27(24)30/h5-21H,3-4H2,1-2H3. The fourth-order valence-corrected chi connectivity index (χ4v) is 4.96. The molecule has 5 rings (SSSR count). The zero-order valence-electron chi connectivity index (χ0n) is 25.7. The van der Waals surface area contributed by atoms with Crippen molar-refractivity contribution in [2.45, 2.75) is 13.8 Å². The number of nitriles is 1. The van der Waals surface area contributed by atoms with E-state index in [1.165, 1.54) is 17.0 Å². The van der Waals surface area contributed by atoms with Gasteiger partial charge in [0, 0.05) is 29.9 Å². The van der Waals surface area contributed by atoms with Crippen LogP contribution >= 0.6 is 0 Å². The second-order valence-electron chi connectivity index (χ2n) is 10.1. The maximum atomic E-state index is 13.1. The number of nitro benzene ring substituents is 1. The van der Waals surface area contributed by atoms with Crippen LogP contribution in [0.4, 0.5) is 15.3 Å². The maximum absolute atomic E-state index is 13.1. The van der Waals surface area contributed by atoms with Crippen molar-refractivity contribution in [1.82, 2.24) is 4.90 Å². The molecule has 0 aliphatic rings. The Balaban J connectivity index is 1.55. The third-order valence-electron chi connectivity index (χ3n) is 7.23. The number of likely N-dealkylation sites (N-methyl/N-ethyl adjacent to an activating group) is 1. The van der Waals surface area contributed by atoms with Crippen molar-refractivity contribution in [2.24, 2.45) is 0 Å². The van der Waals surface area contributed by atoms with Gasteiger partial charge in [-0.25, -0.2) is 9.59 Å². The molecule has 0 unspecified atom stereocenters. The molecule has 0 atom stereocenters.